The van der Waals surface area contributed by atoms with Crippen LogP contribution in [-0.4, -0.2) is 15.7 Å². The first-order valence-electron chi connectivity index (χ1n) is 6.98. The highest BCUT2D eigenvalue weighted by molar-refractivity contribution is 5.90. The summed E-state index contributed by atoms with van der Waals surface area (Å²) in [7, 11) is 0. The summed E-state index contributed by atoms with van der Waals surface area (Å²) in [5.74, 6) is 0.842. The Kier molecular flexibility index (Phi) is 4.56. The highest BCUT2D eigenvalue weighted by Crippen LogP contribution is 2.15. The number of amides is 1. The number of benzene rings is 1. The van der Waals surface area contributed by atoms with Crippen LogP contribution in [0.5, 0.6) is 0 Å². The fraction of sp³-hybridized carbons (Fsp3) is 0.375. The molecular weight excluding hydrogens is 250 g/mol. The van der Waals surface area contributed by atoms with Crippen molar-refractivity contribution in [3.8, 4) is 0 Å². The van der Waals surface area contributed by atoms with Gasteiger partial charge in [-0.3, -0.25) is 4.79 Å². The van der Waals surface area contributed by atoms with Gasteiger partial charge in [-0.25, -0.2) is 4.68 Å². The highest BCUT2D eigenvalue weighted by Gasteiger charge is 2.10. The van der Waals surface area contributed by atoms with Gasteiger partial charge in [-0.05, 0) is 38.3 Å². The maximum atomic E-state index is 12.1. The molecule has 0 aliphatic rings. The third kappa shape index (κ3) is 3.26. The molecule has 0 atom stereocenters. The lowest BCUT2D eigenvalue weighted by Gasteiger charge is -2.09. The lowest BCUT2D eigenvalue weighted by molar-refractivity contribution is -0.116. The monoisotopic (exact) mass is 271 g/mol. The standard InChI is InChI=1S/C16H21N3O/c1-4-19-16(13(3)11-17-19)18-15(20)10-9-14-8-6-5-7-12(14)2/h5-8,11H,4,9-10H2,1-3H3,(H,18,20). The van der Waals surface area contributed by atoms with Crippen LogP contribution in [0.3, 0.4) is 0 Å². The molecule has 0 unspecified atom stereocenters. The molecule has 0 saturated heterocycles. The van der Waals surface area contributed by atoms with E-state index in [1.54, 1.807) is 10.9 Å². The van der Waals surface area contributed by atoms with Gasteiger partial charge < -0.3 is 5.32 Å². The minimum absolute atomic E-state index is 0.0338. The van der Waals surface area contributed by atoms with E-state index < -0.39 is 0 Å². The number of hydrogen-bond donors (Lipinski definition) is 1. The molecule has 0 spiro atoms. The van der Waals surface area contributed by atoms with Gasteiger partial charge in [0.25, 0.3) is 0 Å². The van der Waals surface area contributed by atoms with Crippen LogP contribution in [0.4, 0.5) is 5.82 Å². The first-order chi connectivity index (χ1) is 9.61. The van der Waals surface area contributed by atoms with Gasteiger partial charge in [0.2, 0.25) is 5.91 Å². The molecule has 1 heterocycles. The van der Waals surface area contributed by atoms with Crippen molar-refractivity contribution in [3.05, 3.63) is 47.2 Å². The van der Waals surface area contributed by atoms with Crippen molar-refractivity contribution in [3.63, 3.8) is 0 Å². The number of rotatable bonds is 5. The Bertz CT molecular complexity index is 602. The molecule has 20 heavy (non-hydrogen) atoms. The molecule has 1 aromatic heterocycles. The molecule has 2 aromatic rings. The average Bonchev–Trinajstić information content (AvgIpc) is 2.79. The molecule has 0 aliphatic carbocycles. The van der Waals surface area contributed by atoms with Gasteiger partial charge in [0.15, 0.2) is 0 Å². The van der Waals surface area contributed by atoms with E-state index in [4.69, 9.17) is 0 Å². The number of anilines is 1. The van der Waals surface area contributed by atoms with E-state index in [2.05, 4.69) is 29.5 Å². The minimum Gasteiger partial charge on any atom is -0.311 e. The second kappa shape index (κ2) is 6.37. The van der Waals surface area contributed by atoms with Gasteiger partial charge in [0, 0.05) is 18.5 Å². The third-order valence-corrected chi connectivity index (χ3v) is 3.46. The van der Waals surface area contributed by atoms with Crippen molar-refractivity contribution >= 4 is 11.7 Å². The first-order valence-corrected chi connectivity index (χ1v) is 6.98. The second-order valence-electron chi connectivity index (χ2n) is 4.97. The summed E-state index contributed by atoms with van der Waals surface area (Å²) in [6.07, 6.45) is 3.03. The van der Waals surface area contributed by atoms with Gasteiger partial charge in [0.1, 0.15) is 5.82 Å². The molecule has 1 N–H and O–H groups in total. The van der Waals surface area contributed by atoms with E-state index in [1.807, 2.05) is 26.0 Å². The number of carbonyl (C=O) groups excluding carboxylic acids is 1. The van der Waals surface area contributed by atoms with Crippen LogP contribution in [0.15, 0.2) is 30.5 Å². The Balaban J connectivity index is 1.96. The quantitative estimate of drug-likeness (QED) is 0.908. The molecule has 0 fully saturated rings. The molecule has 1 amide bonds. The molecular formula is C16H21N3O. The van der Waals surface area contributed by atoms with Crippen LogP contribution >= 0.6 is 0 Å². The van der Waals surface area contributed by atoms with E-state index in [0.717, 1.165) is 24.3 Å². The van der Waals surface area contributed by atoms with Gasteiger partial charge in [-0.1, -0.05) is 24.3 Å². The summed E-state index contributed by atoms with van der Waals surface area (Å²) in [4.78, 5) is 12.1. The first kappa shape index (κ1) is 14.3. The van der Waals surface area contributed by atoms with Crippen molar-refractivity contribution in [2.24, 2.45) is 0 Å². The Labute approximate surface area is 119 Å². The summed E-state index contributed by atoms with van der Waals surface area (Å²) < 4.78 is 1.81. The molecule has 0 aliphatic heterocycles. The Morgan fingerprint density at radius 3 is 2.70 bits per heavy atom. The zero-order valence-corrected chi connectivity index (χ0v) is 12.3. The fourth-order valence-corrected chi connectivity index (χ4v) is 2.21. The van der Waals surface area contributed by atoms with Gasteiger partial charge >= 0.3 is 0 Å². The molecule has 4 nitrogen and oxygen atoms in total. The lowest BCUT2D eigenvalue weighted by Crippen LogP contribution is -2.16. The summed E-state index contributed by atoms with van der Waals surface area (Å²) in [5.41, 5.74) is 3.45. The van der Waals surface area contributed by atoms with Gasteiger partial charge in [0.05, 0.1) is 6.20 Å². The van der Waals surface area contributed by atoms with Crippen LogP contribution in [0, 0.1) is 13.8 Å². The topological polar surface area (TPSA) is 46.9 Å². The molecule has 2 rings (SSSR count). The largest absolute Gasteiger partial charge is 0.311 e. The highest BCUT2D eigenvalue weighted by atomic mass is 16.1. The van der Waals surface area contributed by atoms with Crippen molar-refractivity contribution < 1.29 is 4.79 Å². The molecule has 1 aromatic carbocycles. The Morgan fingerprint density at radius 2 is 2.00 bits per heavy atom. The number of aryl methyl sites for hydroxylation is 4. The molecule has 106 valence electrons. The predicted octanol–water partition coefficient (Wildman–Crippen LogP) is 3.09. The molecule has 0 saturated carbocycles. The number of hydrogen-bond acceptors (Lipinski definition) is 2. The zero-order valence-electron chi connectivity index (χ0n) is 12.3. The zero-order chi connectivity index (χ0) is 14.5. The maximum Gasteiger partial charge on any atom is 0.225 e. The van der Waals surface area contributed by atoms with Gasteiger partial charge in [-0.15, -0.1) is 0 Å². The average molecular weight is 271 g/mol. The summed E-state index contributed by atoms with van der Waals surface area (Å²) in [5, 5.41) is 7.18. The van der Waals surface area contributed by atoms with Crippen molar-refractivity contribution in [2.75, 3.05) is 5.32 Å². The summed E-state index contributed by atoms with van der Waals surface area (Å²) >= 11 is 0. The van der Waals surface area contributed by atoms with Crippen LogP contribution < -0.4 is 5.32 Å². The molecule has 4 heteroatoms. The Morgan fingerprint density at radius 1 is 1.25 bits per heavy atom. The molecule has 0 bridgehead atoms. The minimum atomic E-state index is 0.0338. The number of carbonyl (C=O) groups is 1. The summed E-state index contributed by atoms with van der Waals surface area (Å²) in [6, 6.07) is 8.17. The van der Waals surface area contributed by atoms with Crippen molar-refractivity contribution in [1.29, 1.82) is 0 Å². The van der Waals surface area contributed by atoms with E-state index in [1.165, 1.54) is 11.1 Å². The van der Waals surface area contributed by atoms with E-state index >= 15 is 0 Å². The normalized spacial score (nSPS) is 10.6. The van der Waals surface area contributed by atoms with Crippen LogP contribution in [0.25, 0.3) is 0 Å². The number of aromatic nitrogens is 2. The van der Waals surface area contributed by atoms with Crippen molar-refractivity contribution in [1.82, 2.24) is 9.78 Å². The smallest absolute Gasteiger partial charge is 0.225 e. The number of nitrogens with zero attached hydrogens (tertiary/aromatic N) is 2. The number of nitrogens with one attached hydrogen (secondary N) is 1. The lowest BCUT2D eigenvalue weighted by atomic mass is 10.0. The Hall–Kier alpha value is -2.10. The SMILES string of the molecule is CCn1ncc(C)c1NC(=O)CCc1ccccc1C. The van der Waals surface area contributed by atoms with E-state index in [9.17, 15) is 4.79 Å². The van der Waals surface area contributed by atoms with E-state index in [0.29, 0.717) is 6.42 Å². The second-order valence-corrected chi connectivity index (χ2v) is 4.97. The molecule has 0 radical (unpaired) electrons. The predicted molar refractivity (Wildman–Crippen MR) is 80.8 cm³/mol. The fourth-order valence-electron chi connectivity index (χ4n) is 2.21. The van der Waals surface area contributed by atoms with Gasteiger partial charge in [-0.2, -0.15) is 5.10 Å². The third-order valence-electron chi connectivity index (χ3n) is 3.46. The maximum absolute atomic E-state index is 12.1. The van der Waals surface area contributed by atoms with Crippen LogP contribution in [-0.2, 0) is 17.8 Å². The summed E-state index contributed by atoms with van der Waals surface area (Å²) in [6.45, 7) is 6.79. The van der Waals surface area contributed by atoms with Crippen molar-refractivity contribution in [2.45, 2.75) is 40.2 Å². The van der Waals surface area contributed by atoms with E-state index in [-0.39, 0.29) is 5.91 Å². The van der Waals surface area contributed by atoms with Crippen LogP contribution in [0.2, 0.25) is 0 Å². The van der Waals surface area contributed by atoms with Crippen LogP contribution in [0.1, 0.15) is 30.0 Å².